The topological polar surface area (TPSA) is 72.5 Å². The standard InChI is InChI=1S/C11H23NO4S/c1-5-12-9(3)7-10(4)17(14,15)8-11(13)16-6-2/h9-10,12H,5-8H2,1-4H3. The van der Waals surface area contributed by atoms with E-state index in [1.54, 1.807) is 13.8 Å². The maximum Gasteiger partial charge on any atom is 0.321 e. The lowest BCUT2D eigenvalue weighted by molar-refractivity contribution is -0.139. The van der Waals surface area contributed by atoms with Crippen LogP contribution in [0.15, 0.2) is 0 Å². The van der Waals surface area contributed by atoms with Gasteiger partial charge in [0.25, 0.3) is 0 Å². The molecular formula is C11H23NO4S. The van der Waals surface area contributed by atoms with E-state index >= 15 is 0 Å². The van der Waals surface area contributed by atoms with Gasteiger partial charge in [0.05, 0.1) is 11.9 Å². The number of hydrogen-bond donors (Lipinski definition) is 1. The monoisotopic (exact) mass is 265 g/mol. The summed E-state index contributed by atoms with van der Waals surface area (Å²) in [7, 11) is -3.41. The lowest BCUT2D eigenvalue weighted by Crippen LogP contribution is -2.34. The van der Waals surface area contributed by atoms with Crippen LogP contribution in [0.4, 0.5) is 0 Å². The van der Waals surface area contributed by atoms with Crippen LogP contribution in [0.2, 0.25) is 0 Å². The second-order valence-electron chi connectivity index (χ2n) is 4.12. The molecule has 0 aromatic rings. The smallest absolute Gasteiger partial charge is 0.321 e. The summed E-state index contributed by atoms with van der Waals surface area (Å²) in [6, 6.07) is 0.118. The number of sulfone groups is 1. The van der Waals surface area contributed by atoms with Crippen LogP contribution in [0.25, 0.3) is 0 Å². The zero-order valence-electron chi connectivity index (χ0n) is 11.0. The first-order chi connectivity index (χ1) is 7.83. The van der Waals surface area contributed by atoms with Crippen LogP contribution in [-0.4, -0.2) is 44.6 Å². The van der Waals surface area contributed by atoms with Crippen molar-refractivity contribution in [1.82, 2.24) is 5.32 Å². The van der Waals surface area contributed by atoms with E-state index in [1.807, 2.05) is 13.8 Å². The molecule has 0 saturated heterocycles. The summed E-state index contributed by atoms with van der Waals surface area (Å²) in [6.07, 6.45) is 0.496. The zero-order chi connectivity index (χ0) is 13.5. The van der Waals surface area contributed by atoms with Crippen molar-refractivity contribution in [2.24, 2.45) is 0 Å². The lowest BCUT2D eigenvalue weighted by atomic mass is 10.2. The van der Waals surface area contributed by atoms with Crippen LogP contribution >= 0.6 is 0 Å². The van der Waals surface area contributed by atoms with Gasteiger partial charge < -0.3 is 10.1 Å². The first kappa shape index (κ1) is 16.4. The summed E-state index contributed by atoms with van der Waals surface area (Å²) in [5.41, 5.74) is 0. The highest BCUT2D eigenvalue weighted by molar-refractivity contribution is 7.92. The van der Waals surface area contributed by atoms with Gasteiger partial charge in [-0.2, -0.15) is 0 Å². The van der Waals surface area contributed by atoms with Gasteiger partial charge in [-0.15, -0.1) is 0 Å². The molecule has 0 fully saturated rings. The molecule has 2 unspecified atom stereocenters. The molecule has 0 amide bonds. The van der Waals surface area contributed by atoms with E-state index in [4.69, 9.17) is 0 Å². The summed E-state index contributed by atoms with van der Waals surface area (Å²) in [5, 5.41) is 2.61. The minimum absolute atomic E-state index is 0.118. The lowest BCUT2D eigenvalue weighted by Gasteiger charge is -2.17. The van der Waals surface area contributed by atoms with Gasteiger partial charge in [-0.25, -0.2) is 8.42 Å². The molecule has 0 aromatic carbocycles. The number of nitrogens with one attached hydrogen (secondary N) is 1. The minimum Gasteiger partial charge on any atom is -0.465 e. The summed E-state index contributed by atoms with van der Waals surface area (Å²) in [5.74, 6) is -1.20. The fourth-order valence-corrected chi connectivity index (χ4v) is 2.86. The van der Waals surface area contributed by atoms with Crippen molar-refractivity contribution in [3.63, 3.8) is 0 Å². The normalized spacial score (nSPS) is 15.3. The van der Waals surface area contributed by atoms with E-state index in [1.165, 1.54) is 0 Å². The molecule has 0 aliphatic heterocycles. The Morgan fingerprint density at radius 1 is 1.29 bits per heavy atom. The molecule has 0 saturated carbocycles. The SMILES string of the molecule is CCNC(C)CC(C)S(=O)(=O)CC(=O)OCC. The molecule has 1 N–H and O–H groups in total. The molecule has 0 bridgehead atoms. The summed E-state index contributed by atoms with van der Waals surface area (Å²) < 4.78 is 28.3. The van der Waals surface area contributed by atoms with Gasteiger partial charge in [0, 0.05) is 6.04 Å². The van der Waals surface area contributed by atoms with E-state index in [9.17, 15) is 13.2 Å². The van der Waals surface area contributed by atoms with Crippen LogP contribution < -0.4 is 5.32 Å². The molecule has 6 heteroatoms. The largest absolute Gasteiger partial charge is 0.465 e. The highest BCUT2D eigenvalue weighted by atomic mass is 32.2. The summed E-state index contributed by atoms with van der Waals surface area (Å²) in [6.45, 7) is 8.18. The number of esters is 1. The van der Waals surface area contributed by atoms with Gasteiger partial charge in [0.1, 0.15) is 5.75 Å². The molecule has 17 heavy (non-hydrogen) atoms. The summed E-state index contributed by atoms with van der Waals surface area (Å²) in [4.78, 5) is 11.2. The molecule has 0 aromatic heterocycles. The molecule has 0 rings (SSSR count). The molecule has 102 valence electrons. The van der Waals surface area contributed by atoms with Crippen molar-refractivity contribution >= 4 is 15.8 Å². The van der Waals surface area contributed by atoms with Crippen molar-refractivity contribution in [3.05, 3.63) is 0 Å². The van der Waals surface area contributed by atoms with E-state index in [0.717, 1.165) is 6.54 Å². The molecule has 0 spiro atoms. The highest BCUT2D eigenvalue weighted by Gasteiger charge is 2.26. The minimum atomic E-state index is -3.41. The van der Waals surface area contributed by atoms with E-state index in [0.29, 0.717) is 6.42 Å². The van der Waals surface area contributed by atoms with Crippen molar-refractivity contribution in [1.29, 1.82) is 0 Å². The van der Waals surface area contributed by atoms with Gasteiger partial charge in [-0.1, -0.05) is 6.92 Å². The third kappa shape index (κ3) is 6.63. The van der Waals surface area contributed by atoms with Crippen LogP contribution in [0.5, 0.6) is 0 Å². The molecule has 0 aliphatic rings. The van der Waals surface area contributed by atoms with Gasteiger partial charge >= 0.3 is 5.97 Å². The number of carbonyl (C=O) groups excluding carboxylic acids is 1. The molecule has 0 heterocycles. The Morgan fingerprint density at radius 3 is 2.35 bits per heavy atom. The Hall–Kier alpha value is -0.620. The average molecular weight is 265 g/mol. The van der Waals surface area contributed by atoms with Crippen LogP contribution in [0, 0.1) is 0 Å². The molecule has 0 aliphatic carbocycles. The predicted octanol–water partition coefficient (Wildman–Crippen LogP) is 0.741. The number of ether oxygens (including phenoxy) is 1. The Morgan fingerprint density at radius 2 is 1.88 bits per heavy atom. The van der Waals surface area contributed by atoms with Gasteiger partial charge in [0.2, 0.25) is 0 Å². The average Bonchev–Trinajstić information content (AvgIpc) is 2.17. The first-order valence-corrected chi connectivity index (χ1v) is 7.65. The van der Waals surface area contributed by atoms with Crippen molar-refractivity contribution in [2.45, 2.75) is 45.4 Å². The van der Waals surface area contributed by atoms with Gasteiger partial charge in [0.15, 0.2) is 9.84 Å². The third-order valence-corrected chi connectivity index (χ3v) is 4.53. The molecule has 2 atom stereocenters. The number of rotatable bonds is 8. The maximum absolute atomic E-state index is 11.8. The Labute approximate surface area is 104 Å². The zero-order valence-corrected chi connectivity index (χ0v) is 11.8. The van der Waals surface area contributed by atoms with Crippen molar-refractivity contribution in [2.75, 3.05) is 18.9 Å². The molecule has 0 radical (unpaired) electrons. The molecule has 5 nitrogen and oxygen atoms in total. The van der Waals surface area contributed by atoms with Crippen LogP contribution in [-0.2, 0) is 19.4 Å². The van der Waals surface area contributed by atoms with Gasteiger partial charge in [-0.05, 0) is 33.7 Å². The van der Waals surface area contributed by atoms with Crippen molar-refractivity contribution in [3.8, 4) is 0 Å². The van der Waals surface area contributed by atoms with Crippen LogP contribution in [0.3, 0.4) is 0 Å². The quantitative estimate of drug-likeness (QED) is 0.655. The number of carbonyl (C=O) groups is 1. The second kappa shape index (κ2) is 7.66. The molecular weight excluding hydrogens is 242 g/mol. The van der Waals surface area contributed by atoms with E-state index in [2.05, 4.69) is 10.1 Å². The van der Waals surface area contributed by atoms with Crippen LogP contribution in [0.1, 0.15) is 34.1 Å². The fourth-order valence-electron chi connectivity index (χ4n) is 1.59. The van der Waals surface area contributed by atoms with Gasteiger partial charge in [-0.3, -0.25) is 4.79 Å². The summed E-state index contributed by atoms with van der Waals surface area (Å²) >= 11 is 0. The van der Waals surface area contributed by atoms with E-state index in [-0.39, 0.29) is 12.6 Å². The van der Waals surface area contributed by atoms with Crippen molar-refractivity contribution < 1.29 is 17.9 Å². The fraction of sp³-hybridized carbons (Fsp3) is 0.909. The maximum atomic E-state index is 11.8. The Balaban J connectivity index is 4.34. The second-order valence-corrected chi connectivity index (χ2v) is 6.54. The van der Waals surface area contributed by atoms with E-state index < -0.39 is 26.8 Å². The number of hydrogen-bond acceptors (Lipinski definition) is 5. The highest BCUT2D eigenvalue weighted by Crippen LogP contribution is 2.10. The Kier molecular flexibility index (Phi) is 7.38. The predicted molar refractivity (Wildman–Crippen MR) is 67.6 cm³/mol. The first-order valence-electron chi connectivity index (χ1n) is 5.94. The third-order valence-electron chi connectivity index (χ3n) is 2.48. The Bertz CT molecular complexity index is 326.